The molecule has 0 aliphatic rings. The maximum Gasteiger partial charge on any atom is 0.257 e. The summed E-state index contributed by atoms with van der Waals surface area (Å²) < 4.78 is 5.06. The van der Waals surface area contributed by atoms with Gasteiger partial charge in [-0.1, -0.05) is 35.0 Å². The topological polar surface area (TPSA) is 138 Å². The first kappa shape index (κ1) is 18.5. The largest absolute Gasteiger partial charge is 0.548 e. The van der Waals surface area contributed by atoms with Crippen LogP contribution in [0, 0.1) is 6.92 Å². The summed E-state index contributed by atoms with van der Waals surface area (Å²) in [5, 5.41) is 17.7. The number of hydrogen-bond acceptors (Lipinski definition) is 6. The lowest BCUT2D eigenvalue weighted by Crippen LogP contribution is -2.48. The van der Waals surface area contributed by atoms with Crippen LogP contribution in [-0.2, 0) is 9.59 Å². The Morgan fingerprint density at radius 1 is 1.36 bits per heavy atom. The van der Waals surface area contributed by atoms with E-state index in [1.807, 2.05) is 0 Å². The molecule has 9 heteroatoms. The van der Waals surface area contributed by atoms with Gasteiger partial charge in [0.15, 0.2) is 0 Å². The average Bonchev–Trinajstić information content (AvgIpc) is 2.92. The number of carboxylic acids is 1. The van der Waals surface area contributed by atoms with Crippen molar-refractivity contribution in [2.45, 2.75) is 25.8 Å². The number of nitrogens with one attached hydrogen (secondary N) is 1. The molecule has 0 radical (unpaired) electrons. The van der Waals surface area contributed by atoms with Gasteiger partial charge in [0.2, 0.25) is 5.91 Å². The third-order valence-electron chi connectivity index (χ3n) is 3.49. The van der Waals surface area contributed by atoms with Crippen molar-refractivity contribution in [1.29, 1.82) is 0 Å². The summed E-state index contributed by atoms with van der Waals surface area (Å²) in [4.78, 5) is 34.5. The van der Waals surface area contributed by atoms with Crippen LogP contribution in [0.2, 0.25) is 5.02 Å². The van der Waals surface area contributed by atoms with E-state index in [9.17, 15) is 19.5 Å². The van der Waals surface area contributed by atoms with Crippen LogP contribution in [0.1, 0.15) is 29.0 Å². The number of halogens is 1. The molecule has 0 saturated heterocycles. The second kappa shape index (κ2) is 7.80. The molecule has 0 unspecified atom stereocenters. The number of nitrogens with two attached hydrogens (primary N) is 1. The molecular formula is C16H15ClN3O5-. The monoisotopic (exact) mass is 364 g/mol. The standard InChI is InChI=1S/C16H16ClN3O5/c1-8-13(14(20-25-8)9-4-2-3-5-10(9)17)15(22)19-11(16(23)24)6-7-12(18)21/h2-5,11H,6-7H2,1H3,(H2,18,21)(H,19,22)(H,23,24)/p-1/t11-/m1/s1. The Kier molecular flexibility index (Phi) is 5.76. The molecule has 0 aliphatic heterocycles. The molecule has 2 amide bonds. The fraction of sp³-hybridized carbons (Fsp3) is 0.250. The van der Waals surface area contributed by atoms with Gasteiger partial charge >= 0.3 is 0 Å². The fourth-order valence-electron chi connectivity index (χ4n) is 2.24. The van der Waals surface area contributed by atoms with Gasteiger partial charge in [0, 0.05) is 12.0 Å². The highest BCUT2D eigenvalue weighted by molar-refractivity contribution is 6.33. The van der Waals surface area contributed by atoms with E-state index in [2.05, 4.69) is 10.5 Å². The van der Waals surface area contributed by atoms with Gasteiger partial charge in [-0.25, -0.2) is 0 Å². The summed E-state index contributed by atoms with van der Waals surface area (Å²) in [6, 6.07) is 5.32. The predicted molar refractivity (Wildman–Crippen MR) is 86.4 cm³/mol. The molecule has 0 saturated carbocycles. The quantitative estimate of drug-likeness (QED) is 0.729. The average molecular weight is 365 g/mol. The molecule has 0 spiro atoms. The number of carbonyl (C=O) groups is 3. The molecule has 0 bridgehead atoms. The first-order chi connectivity index (χ1) is 11.8. The lowest BCUT2D eigenvalue weighted by atomic mass is 10.0. The van der Waals surface area contributed by atoms with Crippen molar-refractivity contribution in [3.05, 3.63) is 40.6 Å². The van der Waals surface area contributed by atoms with Gasteiger partial charge in [0.25, 0.3) is 5.91 Å². The van der Waals surface area contributed by atoms with Crippen LogP contribution < -0.4 is 16.2 Å². The summed E-state index contributed by atoms with van der Waals surface area (Å²) in [6.45, 7) is 1.51. The number of primary amides is 1. The zero-order chi connectivity index (χ0) is 18.6. The molecular weight excluding hydrogens is 350 g/mol. The van der Waals surface area contributed by atoms with Crippen LogP contribution in [0.15, 0.2) is 28.8 Å². The summed E-state index contributed by atoms with van der Waals surface area (Å²) in [5.74, 6) is -2.74. The van der Waals surface area contributed by atoms with Gasteiger partial charge in [-0.15, -0.1) is 0 Å². The fourth-order valence-corrected chi connectivity index (χ4v) is 2.47. The number of amides is 2. The Bertz CT molecular complexity index is 818. The molecule has 3 N–H and O–H groups in total. The number of hydrogen-bond donors (Lipinski definition) is 2. The second-order valence-electron chi connectivity index (χ2n) is 5.29. The summed E-state index contributed by atoms with van der Waals surface area (Å²) >= 11 is 6.12. The van der Waals surface area contributed by atoms with E-state index in [1.165, 1.54) is 6.92 Å². The molecule has 132 valence electrons. The predicted octanol–water partition coefficient (Wildman–Crippen LogP) is 0.417. The van der Waals surface area contributed by atoms with E-state index in [0.717, 1.165) is 0 Å². The SMILES string of the molecule is Cc1onc(-c2ccccc2Cl)c1C(=O)N[C@H](CCC(N)=O)C(=O)[O-]. The molecule has 2 aromatic rings. The van der Waals surface area contributed by atoms with Gasteiger partial charge in [-0.3, -0.25) is 9.59 Å². The van der Waals surface area contributed by atoms with Crippen molar-refractivity contribution < 1.29 is 24.0 Å². The third-order valence-corrected chi connectivity index (χ3v) is 3.82. The number of aliphatic carboxylic acids is 1. The van der Waals surface area contributed by atoms with E-state index < -0.39 is 23.8 Å². The maximum absolute atomic E-state index is 12.5. The highest BCUT2D eigenvalue weighted by Gasteiger charge is 2.25. The Morgan fingerprint density at radius 3 is 2.64 bits per heavy atom. The lowest BCUT2D eigenvalue weighted by Gasteiger charge is -2.19. The molecule has 25 heavy (non-hydrogen) atoms. The van der Waals surface area contributed by atoms with Gasteiger partial charge in [0.05, 0.1) is 17.0 Å². The Morgan fingerprint density at radius 2 is 2.04 bits per heavy atom. The van der Waals surface area contributed by atoms with Gasteiger partial charge < -0.3 is 25.5 Å². The smallest absolute Gasteiger partial charge is 0.257 e. The second-order valence-corrected chi connectivity index (χ2v) is 5.70. The van der Waals surface area contributed by atoms with Gasteiger partial charge in [-0.2, -0.15) is 0 Å². The zero-order valence-electron chi connectivity index (χ0n) is 13.2. The minimum Gasteiger partial charge on any atom is -0.548 e. The van der Waals surface area contributed by atoms with Crippen molar-refractivity contribution in [2.24, 2.45) is 5.73 Å². The number of rotatable bonds is 7. The van der Waals surface area contributed by atoms with Gasteiger partial charge in [-0.05, 0) is 19.4 Å². The Hall–Kier alpha value is -2.87. The highest BCUT2D eigenvalue weighted by Crippen LogP contribution is 2.30. The number of nitrogens with zero attached hydrogens (tertiary/aromatic N) is 1. The zero-order valence-corrected chi connectivity index (χ0v) is 14.0. The van der Waals surface area contributed by atoms with E-state index in [0.29, 0.717) is 10.6 Å². The van der Waals surface area contributed by atoms with Crippen LogP contribution in [0.5, 0.6) is 0 Å². The van der Waals surface area contributed by atoms with E-state index in [-0.39, 0.29) is 29.9 Å². The van der Waals surface area contributed by atoms with Crippen LogP contribution in [0.4, 0.5) is 0 Å². The van der Waals surface area contributed by atoms with Crippen molar-refractivity contribution in [2.75, 3.05) is 0 Å². The Labute approximate surface area is 147 Å². The number of aryl methyl sites for hydroxylation is 1. The van der Waals surface area contributed by atoms with E-state index in [1.54, 1.807) is 24.3 Å². The summed E-state index contributed by atoms with van der Waals surface area (Å²) in [6.07, 6.45) is -0.395. The van der Waals surface area contributed by atoms with E-state index >= 15 is 0 Å². The van der Waals surface area contributed by atoms with Crippen molar-refractivity contribution in [1.82, 2.24) is 10.5 Å². The molecule has 8 nitrogen and oxygen atoms in total. The molecule has 0 aliphatic carbocycles. The minimum atomic E-state index is -1.52. The molecule has 2 rings (SSSR count). The summed E-state index contributed by atoms with van der Waals surface area (Å²) in [7, 11) is 0. The molecule has 1 atom stereocenters. The first-order valence-corrected chi connectivity index (χ1v) is 7.70. The minimum absolute atomic E-state index is 0.0541. The summed E-state index contributed by atoms with van der Waals surface area (Å²) in [5.41, 5.74) is 5.71. The number of carboxylic acid groups (broad SMARTS) is 1. The van der Waals surface area contributed by atoms with E-state index in [4.69, 9.17) is 21.9 Å². The third kappa shape index (κ3) is 4.36. The lowest BCUT2D eigenvalue weighted by molar-refractivity contribution is -0.308. The van der Waals surface area contributed by atoms with Crippen molar-refractivity contribution >= 4 is 29.4 Å². The molecule has 1 heterocycles. The van der Waals surface area contributed by atoms with Crippen molar-refractivity contribution in [3.63, 3.8) is 0 Å². The van der Waals surface area contributed by atoms with Crippen LogP contribution in [0.25, 0.3) is 11.3 Å². The maximum atomic E-state index is 12.5. The first-order valence-electron chi connectivity index (χ1n) is 7.32. The van der Waals surface area contributed by atoms with Crippen LogP contribution in [0.3, 0.4) is 0 Å². The molecule has 1 aromatic carbocycles. The van der Waals surface area contributed by atoms with Crippen LogP contribution >= 0.6 is 11.6 Å². The van der Waals surface area contributed by atoms with Crippen LogP contribution in [-0.4, -0.2) is 29.0 Å². The number of aromatic nitrogens is 1. The highest BCUT2D eigenvalue weighted by atomic mass is 35.5. The van der Waals surface area contributed by atoms with Gasteiger partial charge in [0.1, 0.15) is 17.0 Å². The Balaban J connectivity index is 2.30. The van der Waals surface area contributed by atoms with Crippen molar-refractivity contribution in [3.8, 4) is 11.3 Å². The molecule has 1 aromatic heterocycles. The normalized spacial score (nSPS) is 11.8. The molecule has 0 fully saturated rings. The number of benzene rings is 1. The number of carbonyl (C=O) groups excluding carboxylic acids is 3.